The average Bonchev–Trinajstić information content (AvgIpc) is 2.91. The zero-order valence-corrected chi connectivity index (χ0v) is 14.3. The molecule has 0 fully saturated rings. The van der Waals surface area contributed by atoms with Crippen molar-refractivity contribution >= 4 is 15.9 Å². The van der Waals surface area contributed by atoms with Gasteiger partial charge in [0.15, 0.2) is 0 Å². The Balaban J connectivity index is 1.89. The highest BCUT2D eigenvalue weighted by Crippen LogP contribution is 2.29. The van der Waals surface area contributed by atoms with E-state index in [4.69, 9.17) is 0 Å². The maximum Gasteiger partial charge on any atom is 0.265 e. The van der Waals surface area contributed by atoms with Crippen LogP contribution in [-0.2, 0) is 10.0 Å². The molecule has 3 rings (SSSR count). The van der Waals surface area contributed by atoms with E-state index in [2.05, 4.69) is 4.99 Å². The van der Waals surface area contributed by atoms with Crippen molar-refractivity contribution in [3.63, 3.8) is 0 Å². The second kappa shape index (κ2) is 5.81. The van der Waals surface area contributed by atoms with E-state index in [0.717, 1.165) is 11.1 Å². The summed E-state index contributed by atoms with van der Waals surface area (Å²) in [5.74, 6) is 0.538. The second-order valence-electron chi connectivity index (χ2n) is 5.95. The highest BCUT2D eigenvalue weighted by Gasteiger charge is 2.33. The van der Waals surface area contributed by atoms with E-state index in [1.807, 2.05) is 50.2 Å². The molecule has 5 heteroatoms. The first kappa shape index (κ1) is 15.7. The van der Waals surface area contributed by atoms with Crippen LogP contribution in [0.1, 0.15) is 29.7 Å². The van der Waals surface area contributed by atoms with Crippen molar-refractivity contribution in [2.45, 2.75) is 31.7 Å². The van der Waals surface area contributed by atoms with Crippen molar-refractivity contribution in [1.29, 1.82) is 0 Å². The molecule has 1 heterocycles. The van der Waals surface area contributed by atoms with Gasteiger partial charge in [0.1, 0.15) is 5.84 Å². The summed E-state index contributed by atoms with van der Waals surface area (Å²) >= 11 is 0. The van der Waals surface area contributed by atoms with Gasteiger partial charge in [-0.05, 0) is 38.5 Å². The Hall–Kier alpha value is -2.14. The van der Waals surface area contributed by atoms with Crippen LogP contribution in [0, 0.1) is 13.8 Å². The van der Waals surface area contributed by atoms with Crippen molar-refractivity contribution in [1.82, 2.24) is 4.31 Å². The van der Waals surface area contributed by atoms with E-state index >= 15 is 0 Å². The van der Waals surface area contributed by atoms with Gasteiger partial charge in [0, 0.05) is 0 Å². The summed E-state index contributed by atoms with van der Waals surface area (Å²) in [6.45, 7) is 6.07. The van der Waals surface area contributed by atoms with E-state index in [9.17, 15) is 8.42 Å². The first-order valence-corrected chi connectivity index (χ1v) is 9.02. The zero-order valence-electron chi connectivity index (χ0n) is 13.5. The number of rotatable bonds is 3. The molecule has 1 unspecified atom stereocenters. The zero-order chi connectivity index (χ0) is 16.6. The minimum atomic E-state index is -3.55. The van der Waals surface area contributed by atoms with Crippen LogP contribution in [0.2, 0.25) is 0 Å². The number of sulfonamides is 1. The third kappa shape index (κ3) is 3.01. The number of aryl methyl sites for hydroxylation is 2. The predicted molar refractivity (Wildman–Crippen MR) is 92.1 cm³/mol. The molecule has 1 aliphatic rings. The molecule has 0 N–H and O–H groups in total. The van der Waals surface area contributed by atoms with Gasteiger partial charge < -0.3 is 0 Å². The molecule has 0 radical (unpaired) electrons. The van der Waals surface area contributed by atoms with E-state index in [1.54, 1.807) is 19.1 Å². The Morgan fingerprint density at radius 3 is 2.00 bits per heavy atom. The lowest BCUT2D eigenvalue weighted by atomic mass is 10.1. The van der Waals surface area contributed by atoms with Crippen molar-refractivity contribution in [2.24, 2.45) is 4.99 Å². The number of aliphatic imine (C=N–C) groups is 1. The molecular formula is C18H20N2O2S. The number of benzene rings is 2. The van der Waals surface area contributed by atoms with Gasteiger partial charge in [-0.25, -0.2) is 8.42 Å². The van der Waals surface area contributed by atoms with E-state index in [1.165, 1.54) is 9.87 Å². The molecule has 1 aliphatic heterocycles. The van der Waals surface area contributed by atoms with Gasteiger partial charge in [-0.1, -0.05) is 47.5 Å². The Labute approximate surface area is 137 Å². The molecule has 120 valence electrons. The smallest absolute Gasteiger partial charge is 0.262 e. The van der Waals surface area contributed by atoms with Crippen molar-refractivity contribution in [3.8, 4) is 0 Å². The standard InChI is InChI=1S/C18H20N2O2S/c1-13-4-8-16(9-5-13)18-12-20(15(3)19-18)23(21,22)17-10-6-14(2)7-11-17/h4-11,18H,12H2,1-3H3. The highest BCUT2D eigenvalue weighted by molar-refractivity contribution is 7.89. The fourth-order valence-electron chi connectivity index (χ4n) is 2.70. The normalized spacial score (nSPS) is 18.1. The molecule has 0 spiro atoms. The van der Waals surface area contributed by atoms with Crippen molar-refractivity contribution in [3.05, 3.63) is 65.2 Å². The Kier molecular flexibility index (Phi) is 3.98. The molecule has 2 aromatic carbocycles. The molecule has 4 nitrogen and oxygen atoms in total. The monoisotopic (exact) mass is 328 g/mol. The summed E-state index contributed by atoms with van der Waals surface area (Å²) in [6.07, 6.45) is 0. The molecule has 2 aromatic rings. The molecule has 0 bridgehead atoms. The van der Waals surface area contributed by atoms with Gasteiger partial charge in [-0.2, -0.15) is 0 Å². The van der Waals surface area contributed by atoms with Crippen molar-refractivity contribution in [2.75, 3.05) is 6.54 Å². The van der Waals surface area contributed by atoms with Crippen LogP contribution in [0.25, 0.3) is 0 Å². The summed E-state index contributed by atoms with van der Waals surface area (Å²) in [6, 6.07) is 14.9. The summed E-state index contributed by atoms with van der Waals surface area (Å²) in [7, 11) is -3.55. The second-order valence-corrected chi connectivity index (χ2v) is 7.81. The van der Waals surface area contributed by atoms with E-state index < -0.39 is 10.0 Å². The number of amidine groups is 1. The lowest BCUT2D eigenvalue weighted by molar-refractivity contribution is 0.519. The van der Waals surface area contributed by atoms with Crippen molar-refractivity contribution < 1.29 is 8.42 Å². The number of hydrogen-bond acceptors (Lipinski definition) is 3. The highest BCUT2D eigenvalue weighted by atomic mass is 32.2. The third-order valence-electron chi connectivity index (χ3n) is 4.11. The summed E-state index contributed by atoms with van der Waals surface area (Å²) in [5.41, 5.74) is 3.25. The Morgan fingerprint density at radius 2 is 1.43 bits per heavy atom. The Bertz CT molecular complexity index is 838. The topological polar surface area (TPSA) is 49.7 Å². The molecule has 23 heavy (non-hydrogen) atoms. The van der Waals surface area contributed by atoms with Crippen LogP contribution in [0.3, 0.4) is 0 Å². The van der Waals surface area contributed by atoms with Crippen LogP contribution in [0.4, 0.5) is 0 Å². The summed E-state index contributed by atoms with van der Waals surface area (Å²) in [4.78, 5) is 4.85. The SMILES string of the molecule is CC1=NC(c2ccc(C)cc2)CN1S(=O)(=O)c1ccc(C)cc1. The first-order valence-electron chi connectivity index (χ1n) is 7.58. The van der Waals surface area contributed by atoms with Crippen LogP contribution in [-0.4, -0.2) is 25.1 Å². The third-order valence-corrected chi connectivity index (χ3v) is 5.97. The van der Waals surface area contributed by atoms with Gasteiger partial charge in [0.25, 0.3) is 10.0 Å². The lowest BCUT2D eigenvalue weighted by Crippen LogP contribution is -2.33. The summed E-state index contributed by atoms with van der Waals surface area (Å²) in [5, 5.41) is 0. The minimum Gasteiger partial charge on any atom is -0.262 e. The first-order chi connectivity index (χ1) is 10.9. The molecule has 0 saturated heterocycles. The van der Waals surface area contributed by atoms with E-state index in [-0.39, 0.29) is 6.04 Å². The largest absolute Gasteiger partial charge is 0.265 e. The van der Waals surface area contributed by atoms with Gasteiger partial charge in [0.05, 0.1) is 17.5 Å². The van der Waals surface area contributed by atoms with Crippen LogP contribution < -0.4 is 0 Å². The molecule has 0 amide bonds. The summed E-state index contributed by atoms with van der Waals surface area (Å²) < 4.78 is 27.1. The van der Waals surface area contributed by atoms with E-state index in [0.29, 0.717) is 17.3 Å². The van der Waals surface area contributed by atoms with Gasteiger partial charge in [-0.3, -0.25) is 9.30 Å². The fraction of sp³-hybridized carbons (Fsp3) is 0.278. The molecular weight excluding hydrogens is 308 g/mol. The van der Waals surface area contributed by atoms with Crippen LogP contribution >= 0.6 is 0 Å². The number of hydrogen-bond donors (Lipinski definition) is 0. The fourth-order valence-corrected chi connectivity index (χ4v) is 4.16. The molecule has 1 atom stereocenters. The lowest BCUT2D eigenvalue weighted by Gasteiger charge is -2.19. The number of nitrogens with zero attached hydrogens (tertiary/aromatic N) is 2. The predicted octanol–water partition coefficient (Wildman–Crippen LogP) is 3.47. The minimum absolute atomic E-state index is 0.143. The van der Waals surface area contributed by atoms with Gasteiger partial charge >= 0.3 is 0 Å². The van der Waals surface area contributed by atoms with Crippen LogP contribution in [0.5, 0.6) is 0 Å². The quantitative estimate of drug-likeness (QED) is 0.866. The molecule has 0 saturated carbocycles. The Morgan fingerprint density at radius 1 is 0.913 bits per heavy atom. The molecule has 0 aliphatic carbocycles. The molecule has 0 aromatic heterocycles. The maximum absolute atomic E-state index is 12.8. The maximum atomic E-state index is 12.8. The van der Waals surface area contributed by atoms with Gasteiger partial charge in [-0.15, -0.1) is 0 Å². The average molecular weight is 328 g/mol. The van der Waals surface area contributed by atoms with Crippen LogP contribution in [0.15, 0.2) is 58.4 Å². The van der Waals surface area contributed by atoms with Gasteiger partial charge in [0.2, 0.25) is 0 Å².